The van der Waals surface area contributed by atoms with Crippen molar-refractivity contribution in [3.63, 3.8) is 0 Å². The van der Waals surface area contributed by atoms with Gasteiger partial charge in [0.15, 0.2) is 15.6 Å². The van der Waals surface area contributed by atoms with E-state index in [2.05, 4.69) is 9.71 Å². The van der Waals surface area contributed by atoms with E-state index in [1.165, 1.54) is 41.0 Å². The molecule has 0 fully saturated rings. The second-order valence-electron chi connectivity index (χ2n) is 6.23. The van der Waals surface area contributed by atoms with E-state index in [0.29, 0.717) is 10.5 Å². The molecule has 0 radical (unpaired) electrons. The smallest absolute Gasteiger partial charge is 0.279 e. The normalized spacial score (nSPS) is 11.5. The standard InChI is InChI=1S/C20H15N3O4S2/c1-13-18(19(25)23-11-12-28-20(23)21-13)29(26,27)22-16-10-6-5-9-15(16)17(24)14-7-3-2-4-8-14/h2-12,22H,1H3. The van der Waals surface area contributed by atoms with E-state index in [4.69, 9.17) is 0 Å². The maximum atomic E-state index is 13.0. The van der Waals surface area contributed by atoms with Gasteiger partial charge in [-0.05, 0) is 19.1 Å². The Morgan fingerprint density at radius 2 is 1.76 bits per heavy atom. The van der Waals surface area contributed by atoms with Crippen LogP contribution in [0.4, 0.5) is 5.69 Å². The van der Waals surface area contributed by atoms with Crippen LogP contribution in [-0.2, 0) is 10.0 Å². The molecule has 2 heterocycles. The number of benzene rings is 2. The van der Waals surface area contributed by atoms with Crippen molar-refractivity contribution in [1.82, 2.24) is 9.38 Å². The summed E-state index contributed by atoms with van der Waals surface area (Å²) in [5, 5.41) is 1.65. The molecule has 29 heavy (non-hydrogen) atoms. The molecule has 2 aromatic carbocycles. The Labute approximate surface area is 170 Å². The monoisotopic (exact) mass is 425 g/mol. The largest absolute Gasteiger partial charge is 0.289 e. The minimum absolute atomic E-state index is 0.0931. The van der Waals surface area contributed by atoms with Gasteiger partial charge < -0.3 is 0 Å². The number of para-hydroxylation sites is 1. The van der Waals surface area contributed by atoms with Crippen LogP contribution in [0.3, 0.4) is 0 Å². The highest BCUT2D eigenvalue weighted by molar-refractivity contribution is 7.92. The van der Waals surface area contributed by atoms with E-state index in [-0.39, 0.29) is 22.7 Å². The highest BCUT2D eigenvalue weighted by Gasteiger charge is 2.26. The fourth-order valence-electron chi connectivity index (χ4n) is 2.99. The average molecular weight is 425 g/mol. The number of rotatable bonds is 5. The molecule has 146 valence electrons. The highest BCUT2D eigenvalue weighted by Crippen LogP contribution is 2.23. The van der Waals surface area contributed by atoms with Crippen LogP contribution in [0.5, 0.6) is 0 Å². The summed E-state index contributed by atoms with van der Waals surface area (Å²) in [5.41, 5.74) is 0.113. The predicted molar refractivity (Wildman–Crippen MR) is 111 cm³/mol. The van der Waals surface area contributed by atoms with Gasteiger partial charge in [0.1, 0.15) is 0 Å². The van der Waals surface area contributed by atoms with Gasteiger partial charge in [-0.3, -0.25) is 18.7 Å². The molecule has 0 aliphatic rings. The quantitative estimate of drug-likeness (QED) is 0.496. The number of sulfonamides is 1. The summed E-state index contributed by atoms with van der Waals surface area (Å²) in [6.45, 7) is 1.47. The number of fused-ring (bicyclic) bond motifs is 1. The highest BCUT2D eigenvalue weighted by atomic mass is 32.2. The van der Waals surface area contributed by atoms with Crippen molar-refractivity contribution in [2.24, 2.45) is 0 Å². The van der Waals surface area contributed by atoms with Crippen LogP contribution in [0.15, 0.2) is 75.9 Å². The Morgan fingerprint density at radius 3 is 2.52 bits per heavy atom. The van der Waals surface area contributed by atoms with Crippen LogP contribution < -0.4 is 10.3 Å². The van der Waals surface area contributed by atoms with Crippen molar-refractivity contribution in [3.05, 3.63) is 93.3 Å². The zero-order chi connectivity index (χ0) is 20.6. The summed E-state index contributed by atoms with van der Waals surface area (Å²) in [6, 6.07) is 14.8. The number of aromatic nitrogens is 2. The number of hydrogen-bond donors (Lipinski definition) is 1. The van der Waals surface area contributed by atoms with E-state index >= 15 is 0 Å². The van der Waals surface area contributed by atoms with Crippen molar-refractivity contribution in [2.75, 3.05) is 4.72 Å². The van der Waals surface area contributed by atoms with Crippen LogP contribution in [0, 0.1) is 6.92 Å². The molecule has 0 saturated carbocycles. The molecule has 0 amide bonds. The van der Waals surface area contributed by atoms with Crippen molar-refractivity contribution in [2.45, 2.75) is 11.8 Å². The SMILES string of the molecule is Cc1nc2sccn2c(=O)c1S(=O)(=O)Nc1ccccc1C(=O)c1ccccc1. The number of ketones is 1. The lowest BCUT2D eigenvalue weighted by molar-refractivity contribution is 0.103. The first-order chi connectivity index (χ1) is 13.9. The lowest BCUT2D eigenvalue weighted by atomic mass is 10.0. The first kappa shape index (κ1) is 19.0. The Bertz CT molecular complexity index is 1390. The molecule has 0 aliphatic heterocycles. The van der Waals surface area contributed by atoms with Gasteiger partial charge in [-0.2, -0.15) is 0 Å². The van der Waals surface area contributed by atoms with Gasteiger partial charge in [0.25, 0.3) is 15.6 Å². The number of hydrogen-bond acceptors (Lipinski definition) is 6. The molecular weight excluding hydrogens is 410 g/mol. The first-order valence-corrected chi connectivity index (χ1v) is 10.9. The number of nitrogens with zero attached hydrogens (tertiary/aromatic N) is 2. The molecule has 0 atom stereocenters. The van der Waals surface area contributed by atoms with E-state index in [1.54, 1.807) is 47.8 Å². The summed E-state index contributed by atoms with van der Waals surface area (Å²) in [6.07, 6.45) is 1.47. The molecule has 0 spiro atoms. The lowest BCUT2D eigenvalue weighted by Gasteiger charge is -2.13. The topological polar surface area (TPSA) is 97.6 Å². The lowest BCUT2D eigenvalue weighted by Crippen LogP contribution is -2.28. The summed E-state index contributed by atoms with van der Waals surface area (Å²) in [5.74, 6) is -0.330. The van der Waals surface area contributed by atoms with E-state index in [9.17, 15) is 18.0 Å². The van der Waals surface area contributed by atoms with Crippen LogP contribution in [0.25, 0.3) is 4.96 Å². The molecule has 0 aliphatic carbocycles. The summed E-state index contributed by atoms with van der Waals surface area (Å²) < 4.78 is 29.7. The molecule has 0 saturated heterocycles. The molecule has 0 unspecified atom stereocenters. The molecule has 0 bridgehead atoms. The third-order valence-electron chi connectivity index (χ3n) is 4.32. The average Bonchev–Trinajstić information content (AvgIpc) is 3.17. The minimum atomic E-state index is -4.28. The van der Waals surface area contributed by atoms with Gasteiger partial charge in [0.2, 0.25) is 0 Å². The predicted octanol–water partition coefficient (Wildman–Crippen LogP) is 3.10. The van der Waals surface area contributed by atoms with Crippen LogP contribution >= 0.6 is 11.3 Å². The van der Waals surface area contributed by atoms with E-state index in [1.807, 2.05) is 0 Å². The third-order valence-corrected chi connectivity index (χ3v) is 6.57. The molecule has 7 nitrogen and oxygen atoms in total. The second kappa shape index (κ2) is 7.26. The number of anilines is 1. The maximum absolute atomic E-state index is 13.0. The molecule has 4 aromatic rings. The molecule has 4 rings (SSSR count). The maximum Gasteiger partial charge on any atom is 0.279 e. The number of aryl methyl sites for hydroxylation is 1. The fraction of sp³-hybridized carbons (Fsp3) is 0.0500. The summed E-state index contributed by atoms with van der Waals surface area (Å²) in [4.78, 5) is 29.7. The Balaban J connectivity index is 1.79. The minimum Gasteiger partial charge on any atom is -0.289 e. The van der Waals surface area contributed by atoms with Gasteiger partial charge >= 0.3 is 0 Å². The molecule has 9 heteroatoms. The van der Waals surface area contributed by atoms with Gasteiger partial charge in [-0.15, -0.1) is 11.3 Å². The number of carbonyl (C=O) groups excluding carboxylic acids is 1. The van der Waals surface area contributed by atoms with Gasteiger partial charge in [-0.1, -0.05) is 42.5 Å². The molecular formula is C20H15N3O4S2. The van der Waals surface area contributed by atoms with Crippen molar-refractivity contribution >= 4 is 37.8 Å². The van der Waals surface area contributed by atoms with Crippen molar-refractivity contribution in [1.29, 1.82) is 0 Å². The van der Waals surface area contributed by atoms with Crippen LogP contribution in [0.2, 0.25) is 0 Å². The van der Waals surface area contributed by atoms with Gasteiger partial charge in [-0.25, -0.2) is 13.4 Å². The fourth-order valence-corrected chi connectivity index (χ4v) is 5.07. The number of nitrogens with one attached hydrogen (secondary N) is 1. The van der Waals surface area contributed by atoms with Gasteiger partial charge in [0, 0.05) is 22.7 Å². The second-order valence-corrected chi connectivity index (χ2v) is 8.73. The van der Waals surface area contributed by atoms with Crippen molar-refractivity contribution in [3.8, 4) is 0 Å². The zero-order valence-corrected chi connectivity index (χ0v) is 16.8. The number of thiazole rings is 1. The van der Waals surface area contributed by atoms with E-state index in [0.717, 1.165) is 0 Å². The first-order valence-electron chi connectivity index (χ1n) is 8.56. The summed E-state index contributed by atoms with van der Waals surface area (Å²) in [7, 11) is -4.28. The Kier molecular flexibility index (Phi) is 4.77. The molecule has 1 N–H and O–H groups in total. The number of carbonyl (C=O) groups is 1. The van der Waals surface area contributed by atoms with Crippen LogP contribution in [-0.4, -0.2) is 23.6 Å². The Hall–Kier alpha value is -3.30. The van der Waals surface area contributed by atoms with Gasteiger partial charge in [0.05, 0.1) is 11.4 Å². The van der Waals surface area contributed by atoms with E-state index < -0.39 is 20.5 Å². The molecule has 2 aromatic heterocycles. The third kappa shape index (κ3) is 3.45. The zero-order valence-electron chi connectivity index (χ0n) is 15.2. The Morgan fingerprint density at radius 1 is 1.07 bits per heavy atom. The van der Waals surface area contributed by atoms with Crippen LogP contribution in [0.1, 0.15) is 21.6 Å². The summed E-state index contributed by atoms with van der Waals surface area (Å²) >= 11 is 1.23. The van der Waals surface area contributed by atoms with Crippen molar-refractivity contribution < 1.29 is 13.2 Å².